The second-order valence-electron chi connectivity index (χ2n) is 5.05. The molecule has 0 N–H and O–H groups in total. The second-order valence-corrected chi connectivity index (χ2v) is 7.54. The Balaban J connectivity index is 1.63. The van der Waals surface area contributed by atoms with E-state index in [-0.39, 0.29) is 38.0 Å². The zero-order valence-corrected chi connectivity index (χ0v) is 17.2. The van der Waals surface area contributed by atoms with E-state index in [1.54, 1.807) is 0 Å². The first-order valence-electron chi connectivity index (χ1n) is 7.33. The van der Waals surface area contributed by atoms with E-state index in [4.69, 9.17) is 9.47 Å². The van der Waals surface area contributed by atoms with Gasteiger partial charge in [-0.3, -0.25) is 9.59 Å². The van der Waals surface area contributed by atoms with E-state index in [9.17, 15) is 9.59 Å². The Hall–Kier alpha value is -1.16. The molecule has 0 heterocycles. The SMILES string of the molecule is O=C(Cc1ccc(I)cc1)OCCOC(=O)Cc1ccc(I)cc1. The van der Waals surface area contributed by atoms with E-state index >= 15 is 0 Å². The van der Waals surface area contributed by atoms with Crippen molar-refractivity contribution in [3.63, 3.8) is 0 Å². The Morgan fingerprint density at radius 2 is 1.00 bits per heavy atom. The smallest absolute Gasteiger partial charge is 0.310 e. The zero-order chi connectivity index (χ0) is 17.4. The van der Waals surface area contributed by atoms with Crippen LogP contribution in [-0.4, -0.2) is 25.2 Å². The maximum Gasteiger partial charge on any atom is 0.310 e. The van der Waals surface area contributed by atoms with Crippen molar-refractivity contribution >= 4 is 57.1 Å². The number of benzene rings is 2. The van der Waals surface area contributed by atoms with E-state index in [1.165, 1.54) is 0 Å². The highest BCUT2D eigenvalue weighted by Crippen LogP contribution is 2.09. The fraction of sp³-hybridized carbons (Fsp3) is 0.222. The number of hydrogen-bond donors (Lipinski definition) is 0. The molecule has 0 atom stereocenters. The Labute approximate surface area is 168 Å². The first-order valence-corrected chi connectivity index (χ1v) is 9.49. The van der Waals surface area contributed by atoms with Crippen LogP contribution < -0.4 is 0 Å². The summed E-state index contributed by atoms with van der Waals surface area (Å²) in [5, 5.41) is 0. The van der Waals surface area contributed by atoms with Crippen molar-refractivity contribution < 1.29 is 19.1 Å². The van der Waals surface area contributed by atoms with Crippen LogP contribution in [0.1, 0.15) is 11.1 Å². The lowest BCUT2D eigenvalue weighted by Crippen LogP contribution is -2.16. The summed E-state index contributed by atoms with van der Waals surface area (Å²) in [7, 11) is 0. The Bertz CT molecular complexity index is 620. The van der Waals surface area contributed by atoms with E-state index in [0.29, 0.717) is 0 Å². The van der Waals surface area contributed by atoms with Crippen LogP contribution in [0.2, 0.25) is 0 Å². The molecule has 0 aromatic heterocycles. The topological polar surface area (TPSA) is 52.6 Å². The van der Waals surface area contributed by atoms with Crippen molar-refractivity contribution in [3.8, 4) is 0 Å². The van der Waals surface area contributed by atoms with Gasteiger partial charge in [-0.2, -0.15) is 0 Å². The maximum absolute atomic E-state index is 11.7. The minimum atomic E-state index is -0.329. The highest BCUT2D eigenvalue weighted by atomic mass is 127. The van der Waals surface area contributed by atoms with Gasteiger partial charge >= 0.3 is 11.9 Å². The summed E-state index contributed by atoms with van der Waals surface area (Å²) in [6, 6.07) is 15.3. The summed E-state index contributed by atoms with van der Waals surface area (Å²) in [5.41, 5.74) is 1.80. The molecule has 0 radical (unpaired) electrons. The zero-order valence-electron chi connectivity index (χ0n) is 12.8. The molecule has 6 heteroatoms. The molecular formula is C18H16I2O4. The van der Waals surface area contributed by atoms with Gasteiger partial charge in [0.15, 0.2) is 0 Å². The number of halogens is 2. The van der Waals surface area contributed by atoms with Crippen LogP contribution >= 0.6 is 45.2 Å². The van der Waals surface area contributed by atoms with Crippen molar-refractivity contribution in [2.75, 3.05) is 13.2 Å². The summed E-state index contributed by atoms with van der Waals surface area (Å²) in [5.74, 6) is -0.658. The van der Waals surface area contributed by atoms with Gasteiger partial charge in [-0.05, 0) is 80.6 Å². The number of ether oxygens (including phenoxy) is 2. The van der Waals surface area contributed by atoms with Gasteiger partial charge in [-0.15, -0.1) is 0 Å². The van der Waals surface area contributed by atoms with Crippen molar-refractivity contribution in [2.45, 2.75) is 12.8 Å². The van der Waals surface area contributed by atoms with Gasteiger partial charge in [0.1, 0.15) is 13.2 Å². The van der Waals surface area contributed by atoms with Crippen LogP contribution in [0.3, 0.4) is 0 Å². The summed E-state index contributed by atoms with van der Waals surface area (Å²) in [6.07, 6.45) is 0.432. The molecule has 0 unspecified atom stereocenters. The number of carbonyl (C=O) groups is 2. The summed E-state index contributed by atoms with van der Waals surface area (Å²) in [4.78, 5) is 23.4. The molecule has 0 amide bonds. The van der Waals surface area contributed by atoms with Gasteiger partial charge in [0.2, 0.25) is 0 Å². The standard InChI is InChI=1S/C18H16I2O4/c19-15-5-1-13(2-6-15)11-17(21)23-9-10-24-18(22)12-14-3-7-16(20)8-4-14/h1-8H,9-12H2. The molecule has 126 valence electrons. The van der Waals surface area contributed by atoms with Crippen LogP contribution in [0, 0.1) is 7.14 Å². The first kappa shape index (κ1) is 19.2. The fourth-order valence-electron chi connectivity index (χ4n) is 1.95. The maximum atomic E-state index is 11.7. The Morgan fingerprint density at radius 3 is 1.33 bits per heavy atom. The van der Waals surface area contributed by atoms with Gasteiger partial charge in [-0.25, -0.2) is 0 Å². The van der Waals surface area contributed by atoms with E-state index in [2.05, 4.69) is 45.2 Å². The lowest BCUT2D eigenvalue weighted by atomic mass is 10.2. The van der Waals surface area contributed by atoms with Crippen LogP contribution in [-0.2, 0) is 31.9 Å². The molecule has 0 aliphatic rings. The number of hydrogen-bond acceptors (Lipinski definition) is 4. The lowest BCUT2D eigenvalue weighted by Gasteiger charge is -2.07. The minimum Gasteiger partial charge on any atom is -0.462 e. The molecule has 2 aromatic carbocycles. The molecule has 0 saturated carbocycles. The third-order valence-electron chi connectivity index (χ3n) is 3.13. The largest absolute Gasteiger partial charge is 0.462 e. The number of rotatable bonds is 7. The molecule has 0 fully saturated rings. The summed E-state index contributed by atoms with van der Waals surface area (Å²) < 4.78 is 12.4. The van der Waals surface area contributed by atoms with Crippen LogP contribution in [0.15, 0.2) is 48.5 Å². The van der Waals surface area contributed by atoms with Crippen LogP contribution in [0.4, 0.5) is 0 Å². The van der Waals surface area contributed by atoms with Gasteiger partial charge in [0.05, 0.1) is 12.8 Å². The van der Waals surface area contributed by atoms with Crippen molar-refractivity contribution in [2.24, 2.45) is 0 Å². The first-order chi connectivity index (χ1) is 11.5. The molecular weight excluding hydrogens is 534 g/mol. The molecule has 0 aliphatic carbocycles. The van der Waals surface area contributed by atoms with Gasteiger partial charge in [0.25, 0.3) is 0 Å². The molecule has 2 aromatic rings. The number of esters is 2. The van der Waals surface area contributed by atoms with Crippen molar-refractivity contribution in [1.82, 2.24) is 0 Å². The highest BCUT2D eigenvalue weighted by Gasteiger charge is 2.07. The molecule has 0 bridgehead atoms. The van der Waals surface area contributed by atoms with E-state index in [0.717, 1.165) is 18.3 Å². The summed E-state index contributed by atoms with van der Waals surface area (Å²) >= 11 is 4.42. The average Bonchev–Trinajstić information content (AvgIpc) is 2.56. The molecule has 24 heavy (non-hydrogen) atoms. The lowest BCUT2D eigenvalue weighted by molar-refractivity contribution is -0.151. The Morgan fingerprint density at radius 1 is 0.667 bits per heavy atom. The number of carbonyl (C=O) groups excluding carboxylic acids is 2. The molecule has 0 saturated heterocycles. The second kappa shape index (κ2) is 9.97. The molecule has 4 nitrogen and oxygen atoms in total. The van der Waals surface area contributed by atoms with E-state index in [1.807, 2.05) is 48.5 Å². The molecule has 0 aliphatic heterocycles. The average molecular weight is 550 g/mol. The molecule has 2 rings (SSSR count). The van der Waals surface area contributed by atoms with Gasteiger partial charge < -0.3 is 9.47 Å². The van der Waals surface area contributed by atoms with Crippen LogP contribution in [0.5, 0.6) is 0 Å². The van der Waals surface area contributed by atoms with Crippen molar-refractivity contribution in [1.29, 1.82) is 0 Å². The Kier molecular flexibility index (Phi) is 7.97. The predicted molar refractivity (Wildman–Crippen MR) is 108 cm³/mol. The van der Waals surface area contributed by atoms with Gasteiger partial charge in [-0.1, -0.05) is 24.3 Å². The van der Waals surface area contributed by atoms with Crippen LogP contribution in [0.25, 0.3) is 0 Å². The fourth-order valence-corrected chi connectivity index (χ4v) is 2.67. The monoisotopic (exact) mass is 550 g/mol. The highest BCUT2D eigenvalue weighted by molar-refractivity contribution is 14.1. The minimum absolute atomic E-state index is 0.0711. The predicted octanol–water partition coefficient (Wildman–Crippen LogP) is 3.77. The van der Waals surface area contributed by atoms with Gasteiger partial charge in [0, 0.05) is 7.14 Å². The van der Waals surface area contributed by atoms with Crippen molar-refractivity contribution in [3.05, 3.63) is 66.8 Å². The molecule has 0 spiro atoms. The van der Waals surface area contributed by atoms with E-state index < -0.39 is 0 Å². The quantitative estimate of drug-likeness (QED) is 0.300. The third-order valence-corrected chi connectivity index (χ3v) is 4.57. The third kappa shape index (κ3) is 7.16. The normalized spacial score (nSPS) is 10.2. The summed E-state index contributed by atoms with van der Waals surface area (Å²) in [6.45, 7) is 0.142.